The molecule has 0 amide bonds. The molecule has 0 radical (unpaired) electrons. The third kappa shape index (κ3) is 2.79. The van der Waals surface area contributed by atoms with Crippen molar-refractivity contribution in [3.05, 3.63) is 51.9 Å². The van der Waals surface area contributed by atoms with E-state index >= 15 is 0 Å². The van der Waals surface area contributed by atoms with Crippen molar-refractivity contribution in [1.82, 2.24) is 4.98 Å². The zero-order valence-corrected chi connectivity index (χ0v) is 10.6. The van der Waals surface area contributed by atoms with Crippen molar-refractivity contribution in [2.75, 3.05) is 0 Å². The molecule has 0 saturated heterocycles. The van der Waals surface area contributed by atoms with Gasteiger partial charge in [0.1, 0.15) is 11.5 Å². The maximum absolute atomic E-state index is 13.7. The maximum Gasteiger partial charge on any atom is 0.149 e. The minimum atomic E-state index is -0.477. The number of aromatic nitrogens is 1. The molecule has 0 spiro atoms. The highest BCUT2D eigenvalue weighted by atomic mass is 35.5. The second-order valence-electron chi connectivity index (χ2n) is 3.63. The van der Waals surface area contributed by atoms with E-state index in [1.54, 1.807) is 18.2 Å². The first-order chi connectivity index (χ1) is 8.60. The Kier molecular flexibility index (Phi) is 3.81. The minimum Gasteiger partial charge on any atom is -0.249 e. The topological polar surface area (TPSA) is 36.7 Å². The molecule has 0 N–H and O–H groups in total. The number of halogens is 3. The molecule has 0 unspecified atom stereocenters. The van der Waals surface area contributed by atoms with Crippen LogP contribution in [0.15, 0.2) is 30.3 Å². The Labute approximate surface area is 114 Å². The second kappa shape index (κ2) is 5.34. The summed E-state index contributed by atoms with van der Waals surface area (Å²) in [4.78, 5) is 4.10. The molecule has 2 nitrogen and oxygen atoms in total. The van der Waals surface area contributed by atoms with Crippen molar-refractivity contribution in [2.24, 2.45) is 0 Å². The van der Waals surface area contributed by atoms with Crippen molar-refractivity contribution in [1.29, 1.82) is 5.26 Å². The lowest BCUT2D eigenvalue weighted by molar-refractivity contribution is 0.624. The van der Waals surface area contributed by atoms with Crippen LogP contribution in [0.25, 0.3) is 11.3 Å². The first-order valence-electron chi connectivity index (χ1n) is 5.09. The van der Waals surface area contributed by atoms with Crippen molar-refractivity contribution in [3.63, 3.8) is 0 Å². The smallest absolute Gasteiger partial charge is 0.149 e. The fourth-order valence-electron chi connectivity index (χ4n) is 1.56. The molecule has 1 heterocycles. The lowest BCUT2D eigenvalue weighted by Crippen LogP contribution is -1.95. The van der Waals surface area contributed by atoms with E-state index in [4.69, 9.17) is 28.5 Å². The highest BCUT2D eigenvalue weighted by Crippen LogP contribution is 2.27. The molecule has 5 heteroatoms. The molecule has 1 aromatic carbocycles. The van der Waals surface area contributed by atoms with E-state index < -0.39 is 5.82 Å². The molecule has 0 aliphatic rings. The van der Waals surface area contributed by atoms with Crippen LogP contribution in [-0.4, -0.2) is 4.98 Å². The van der Waals surface area contributed by atoms with Crippen molar-refractivity contribution in [2.45, 2.75) is 6.42 Å². The first-order valence-corrected chi connectivity index (χ1v) is 5.84. The summed E-state index contributed by atoms with van der Waals surface area (Å²) < 4.78 is 13.7. The average Bonchev–Trinajstić information content (AvgIpc) is 2.30. The fourth-order valence-corrected chi connectivity index (χ4v) is 2.08. The average molecular weight is 281 g/mol. The van der Waals surface area contributed by atoms with Crippen LogP contribution in [-0.2, 0) is 6.42 Å². The summed E-state index contributed by atoms with van der Waals surface area (Å²) in [6, 6.07) is 9.45. The minimum absolute atomic E-state index is 0.127. The second-order valence-corrected chi connectivity index (χ2v) is 4.50. The predicted octanol–water partition coefficient (Wildman–Crippen LogP) is 4.26. The molecule has 18 heavy (non-hydrogen) atoms. The molecule has 0 saturated carbocycles. The molecule has 2 rings (SSSR count). The molecule has 1 aromatic heterocycles. The van der Waals surface area contributed by atoms with Crippen molar-refractivity contribution >= 4 is 23.2 Å². The number of nitriles is 1. The van der Waals surface area contributed by atoms with Gasteiger partial charge in [0.05, 0.1) is 18.2 Å². The van der Waals surface area contributed by atoms with Gasteiger partial charge in [-0.2, -0.15) is 5.26 Å². The lowest BCUT2D eigenvalue weighted by atomic mass is 10.1. The summed E-state index contributed by atoms with van der Waals surface area (Å²) in [5.41, 5.74) is 1.14. The molecule has 0 atom stereocenters. The SMILES string of the molecule is N#CCc1ccc(F)c(-c2cc(Cl)cc(Cl)c2)n1. The van der Waals surface area contributed by atoms with Crippen LogP contribution in [0.3, 0.4) is 0 Å². The Hall–Kier alpha value is -1.63. The van der Waals surface area contributed by atoms with Crippen LogP contribution < -0.4 is 0 Å². The van der Waals surface area contributed by atoms with E-state index in [1.165, 1.54) is 12.1 Å². The van der Waals surface area contributed by atoms with E-state index in [2.05, 4.69) is 4.98 Å². The molecule has 0 aliphatic carbocycles. The van der Waals surface area contributed by atoms with E-state index in [-0.39, 0.29) is 12.1 Å². The summed E-state index contributed by atoms with van der Waals surface area (Å²) in [6.45, 7) is 0. The van der Waals surface area contributed by atoms with Gasteiger partial charge in [-0.15, -0.1) is 0 Å². The van der Waals surface area contributed by atoms with E-state index in [1.807, 2.05) is 6.07 Å². The number of hydrogen-bond donors (Lipinski definition) is 0. The Morgan fingerprint density at radius 2 is 1.83 bits per heavy atom. The lowest BCUT2D eigenvalue weighted by Gasteiger charge is -2.05. The van der Waals surface area contributed by atoms with Crippen LogP contribution in [0.4, 0.5) is 4.39 Å². The molecular weight excluding hydrogens is 274 g/mol. The zero-order chi connectivity index (χ0) is 13.1. The molecule has 2 aromatic rings. The normalized spacial score (nSPS) is 10.1. The van der Waals surface area contributed by atoms with Crippen LogP contribution in [0.2, 0.25) is 10.0 Å². The van der Waals surface area contributed by atoms with Gasteiger partial charge in [0.2, 0.25) is 0 Å². The Morgan fingerprint density at radius 3 is 2.44 bits per heavy atom. The molecule has 90 valence electrons. The van der Waals surface area contributed by atoms with Gasteiger partial charge in [-0.25, -0.2) is 9.37 Å². The van der Waals surface area contributed by atoms with E-state index in [0.717, 1.165) is 0 Å². The maximum atomic E-state index is 13.7. The van der Waals surface area contributed by atoms with Crippen LogP contribution in [0.1, 0.15) is 5.69 Å². The Balaban J connectivity index is 2.55. The van der Waals surface area contributed by atoms with Gasteiger partial charge < -0.3 is 0 Å². The quantitative estimate of drug-likeness (QED) is 0.824. The third-order valence-electron chi connectivity index (χ3n) is 2.30. The standard InChI is InChI=1S/C13H7Cl2FN2/c14-9-5-8(6-10(15)7-9)13-12(16)2-1-11(18-13)3-4-17/h1-2,5-7H,3H2. The Morgan fingerprint density at radius 1 is 1.17 bits per heavy atom. The van der Waals surface area contributed by atoms with Crippen LogP contribution >= 0.6 is 23.2 Å². The largest absolute Gasteiger partial charge is 0.249 e. The number of pyridine rings is 1. The van der Waals surface area contributed by atoms with E-state index in [0.29, 0.717) is 21.3 Å². The summed E-state index contributed by atoms with van der Waals surface area (Å²) in [7, 11) is 0. The molecular formula is C13H7Cl2FN2. The summed E-state index contributed by atoms with van der Waals surface area (Å²) in [5.74, 6) is -0.477. The number of benzene rings is 1. The van der Waals surface area contributed by atoms with Gasteiger partial charge in [0, 0.05) is 15.6 Å². The molecule has 0 fully saturated rings. The van der Waals surface area contributed by atoms with Gasteiger partial charge in [0.15, 0.2) is 0 Å². The fraction of sp³-hybridized carbons (Fsp3) is 0.0769. The van der Waals surface area contributed by atoms with Gasteiger partial charge in [-0.1, -0.05) is 23.2 Å². The van der Waals surface area contributed by atoms with Crippen LogP contribution in [0, 0.1) is 17.1 Å². The predicted molar refractivity (Wildman–Crippen MR) is 69.0 cm³/mol. The Bertz CT molecular complexity index is 615. The number of hydrogen-bond acceptors (Lipinski definition) is 2. The third-order valence-corrected chi connectivity index (χ3v) is 2.74. The molecule has 0 aliphatic heterocycles. The summed E-state index contributed by atoms with van der Waals surface area (Å²) >= 11 is 11.7. The van der Waals surface area contributed by atoms with Gasteiger partial charge in [0.25, 0.3) is 0 Å². The monoisotopic (exact) mass is 280 g/mol. The van der Waals surface area contributed by atoms with Gasteiger partial charge in [-0.3, -0.25) is 0 Å². The van der Waals surface area contributed by atoms with E-state index in [9.17, 15) is 4.39 Å². The summed E-state index contributed by atoms with van der Waals surface area (Å²) in [6.07, 6.45) is 0.127. The zero-order valence-electron chi connectivity index (χ0n) is 9.12. The molecule has 0 bridgehead atoms. The number of rotatable bonds is 2. The van der Waals surface area contributed by atoms with Crippen molar-refractivity contribution < 1.29 is 4.39 Å². The number of nitrogens with zero attached hydrogens (tertiary/aromatic N) is 2. The van der Waals surface area contributed by atoms with Gasteiger partial charge in [-0.05, 0) is 30.3 Å². The summed E-state index contributed by atoms with van der Waals surface area (Å²) in [5, 5.41) is 9.43. The first kappa shape index (κ1) is 12.8. The van der Waals surface area contributed by atoms with Crippen LogP contribution in [0.5, 0.6) is 0 Å². The highest BCUT2D eigenvalue weighted by molar-refractivity contribution is 6.35. The van der Waals surface area contributed by atoms with Crippen molar-refractivity contribution in [3.8, 4) is 17.3 Å². The highest BCUT2D eigenvalue weighted by Gasteiger charge is 2.10. The van der Waals surface area contributed by atoms with Gasteiger partial charge >= 0.3 is 0 Å².